The average Bonchev–Trinajstić information content (AvgIpc) is 1.97. The Morgan fingerprint density at radius 3 is 2.36 bits per heavy atom. The number of nitrogens with two attached hydrogens (primary N) is 1. The van der Waals surface area contributed by atoms with Crippen molar-refractivity contribution in [3.63, 3.8) is 0 Å². The predicted molar refractivity (Wildman–Crippen MR) is 55.7 cm³/mol. The Hall–Kier alpha value is -0.0200. The normalized spacial score (nSPS) is 10.2. The van der Waals surface area contributed by atoms with Crippen LogP contribution in [-0.2, 0) is 0 Å². The molecule has 0 saturated heterocycles. The van der Waals surface area contributed by atoms with Gasteiger partial charge in [-0.25, -0.2) is 0 Å². The van der Waals surface area contributed by atoms with E-state index in [0.29, 0.717) is 0 Å². The molecule has 0 spiro atoms. The van der Waals surface area contributed by atoms with Crippen LogP contribution in [0.5, 0.6) is 0 Å². The fourth-order valence-corrected chi connectivity index (χ4v) is 2.19. The van der Waals surface area contributed by atoms with Gasteiger partial charge in [0.15, 0.2) is 0 Å². The minimum Gasteiger partial charge on any atom is -0.398 e. The molecule has 0 saturated carbocycles. The summed E-state index contributed by atoms with van der Waals surface area (Å²) < 4.78 is 2.08. The summed E-state index contributed by atoms with van der Waals surface area (Å²) in [5.74, 6) is 0. The molecule has 3 heteroatoms. The second-order valence-corrected chi connectivity index (χ2v) is 4.18. The van der Waals surface area contributed by atoms with Gasteiger partial charge in [-0.3, -0.25) is 0 Å². The number of aryl methyl sites for hydroxylation is 1. The van der Waals surface area contributed by atoms with Crippen LogP contribution in [-0.4, -0.2) is 0 Å². The summed E-state index contributed by atoms with van der Waals surface area (Å²) in [7, 11) is 0. The van der Waals surface area contributed by atoms with Gasteiger partial charge < -0.3 is 5.73 Å². The number of hydrogen-bond donors (Lipinski definition) is 1. The van der Waals surface area contributed by atoms with Crippen LogP contribution in [0.4, 0.5) is 5.69 Å². The lowest BCUT2D eigenvalue weighted by Crippen LogP contribution is -1.93. The number of halogens is 2. The molecule has 0 bridgehead atoms. The number of anilines is 1. The lowest BCUT2D eigenvalue weighted by atomic mass is 10.1. The minimum absolute atomic E-state index is 0.825. The third-order valence-corrected chi connectivity index (χ3v) is 3.54. The first kappa shape index (κ1) is 9.07. The van der Waals surface area contributed by atoms with Crippen LogP contribution in [0.3, 0.4) is 0 Å². The molecule has 11 heavy (non-hydrogen) atoms. The molecule has 2 N–H and O–H groups in total. The van der Waals surface area contributed by atoms with Gasteiger partial charge in [-0.2, -0.15) is 0 Å². The SMILES string of the molecule is Cc1cc(Br)c(C)c(Br)c1N. The van der Waals surface area contributed by atoms with Crippen LogP contribution in [0.2, 0.25) is 0 Å². The maximum Gasteiger partial charge on any atom is 0.0491 e. The standard InChI is InChI=1S/C8H9Br2N/c1-4-3-6(9)5(2)7(10)8(4)11/h3H,11H2,1-2H3. The van der Waals surface area contributed by atoms with Crippen molar-refractivity contribution >= 4 is 37.5 Å². The van der Waals surface area contributed by atoms with Crippen LogP contribution < -0.4 is 5.73 Å². The van der Waals surface area contributed by atoms with E-state index in [9.17, 15) is 0 Å². The van der Waals surface area contributed by atoms with Crippen molar-refractivity contribution in [3.05, 3.63) is 26.1 Å². The van der Waals surface area contributed by atoms with E-state index in [1.54, 1.807) is 0 Å². The molecule has 0 aliphatic rings. The van der Waals surface area contributed by atoms with E-state index in [1.807, 2.05) is 19.9 Å². The molecule has 0 aliphatic carbocycles. The Kier molecular flexibility index (Phi) is 2.60. The molecule has 0 aliphatic heterocycles. The van der Waals surface area contributed by atoms with Crippen molar-refractivity contribution in [2.24, 2.45) is 0 Å². The number of nitrogen functional groups attached to an aromatic ring is 1. The Balaban J connectivity index is 3.46. The smallest absolute Gasteiger partial charge is 0.0491 e. The molecule has 0 aromatic heterocycles. The summed E-state index contributed by atoms with van der Waals surface area (Å²) in [5.41, 5.74) is 8.85. The fourth-order valence-electron chi connectivity index (χ4n) is 0.856. The van der Waals surface area contributed by atoms with Gasteiger partial charge in [-0.05, 0) is 47.0 Å². The molecule has 0 fully saturated rings. The van der Waals surface area contributed by atoms with Crippen LogP contribution in [0, 0.1) is 13.8 Å². The molecule has 0 atom stereocenters. The number of benzene rings is 1. The highest BCUT2D eigenvalue weighted by Gasteiger charge is 2.05. The number of hydrogen-bond acceptors (Lipinski definition) is 1. The highest BCUT2D eigenvalue weighted by molar-refractivity contribution is 9.11. The summed E-state index contributed by atoms with van der Waals surface area (Å²) in [6.45, 7) is 4.01. The summed E-state index contributed by atoms with van der Waals surface area (Å²) in [6, 6.07) is 2.02. The summed E-state index contributed by atoms with van der Waals surface area (Å²) in [5, 5.41) is 0. The Labute approximate surface area is 83.2 Å². The first-order valence-corrected chi connectivity index (χ1v) is 4.83. The van der Waals surface area contributed by atoms with Crippen molar-refractivity contribution in [3.8, 4) is 0 Å². The number of rotatable bonds is 0. The fraction of sp³-hybridized carbons (Fsp3) is 0.250. The van der Waals surface area contributed by atoms with Gasteiger partial charge in [0, 0.05) is 14.6 Å². The van der Waals surface area contributed by atoms with E-state index >= 15 is 0 Å². The van der Waals surface area contributed by atoms with E-state index in [4.69, 9.17) is 5.73 Å². The first-order valence-electron chi connectivity index (χ1n) is 3.24. The lowest BCUT2D eigenvalue weighted by molar-refractivity contribution is 1.34. The largest absolute Gasteiger partial charge is 0.398 e. The molecule has 1 aromatic carbocycles. The Bertz CT molecular complexity index is 268. The summed E-state index contributed by atoms with van der Waals surface area (Å²) >= 11 is 6.87. The Morgan fingerprint density at radius 2 is 1.82 bits per heavy atom. The van der Waals surface area contributed by atoms with E-state index in [0.717, 1.165) is 25.8 Å². The molecule has 0 heterocycles. The van der Waals surface area contributed by atoms with Crippen LogP contribution in [0.1, 0.15) is 11.1 Å². The van der Waals surface area contributed by atoms with Crippen molar-refractivity contribution in [1.29, 1.82) is 0 Å². The molecular weight excluding hydrogens is 270 g/mol. The first-order chi connectivity index (χ1) is 5.04. The van der Waals surface area contributed by atoms with Crippen molar-refractivity contribution in [2.75, 3.05) is 5.73 Å². The molecular formula is C8H9Br2N. The Morgan fingerprint density at radius 1 is 1.27 bits per heavy atom. The quantitative estimate of drug-likeness (QED) is 0.723. The van der Waals surface area contributed by atoms with Gasteiger partial charge in [0.2, 0.25) is 0 Å². The topological polar surface area (TPSA) is 26.0 Å². The van der Waals surface area contributed by atoms with Gasteiger partial charge in [0.25, 0.3) is 0 Å². The maximum atomic E-state index is 5.78. The zero-order valence-electron chi connectivity index (χ0n) is 6.41. The van der Waals surface area contributed by atoms with Gasteiger partial charge >= 0.3 is 0 Å². The third-order valence-electron chi connectivity index (χ3n) is 1.69. The van der Waals surface area contributed by atoms with E-state index in [-0.39, 0.29) is 0 Å². The zero-order valence-corrected chi connectivity index (χ0v) is 9.58. The third kappa shape index (κ3) is 1.59. The van der Waals surface area contributed by atoms with Crippen LogP contribution in [0.25, 0.3) is 0 Å². The van der Waals surface area contributed by atoms with E-state index < -0.39 is 0 Å². The predicted octanol–water partition coefficient (Wildman–Crippen LogP) is 3.41. The van der Waals surface area contributed by atoms with Crippen LogP contribution in [0.15, 0.2) is 15.0 Å². The average molecular weight is 279 g/mol. The lowest BCUT2D eigenvalue weighted by Gasteiger charge is -2.07. The highest BCUT2D eigenvalue weighted by atomic mass is 79.9. The van der Waals surface area contributed by atoms with Gasteiger partial charge in [-0.1, -0.05) is 15.9 Å². The second kappa shape index (κ2) is 3.15. The van der Waals surface area contributed by atoms with Gasteiger partial charge in [0.05, 0.1) is 0 Å². The summed E-state index contributed by atoms with van der Waals surface area (Å²) in [6.07, 6.45) is 0. The monoisotopic (exact) mass is 277 g/mol. The zero-order chi connectivity index (χ0) is 8.59. The van der Waals surface area contributed by atoms with Crippen molar-refractivity contribution in [2.45, 2.75) is 13.8 Å². The summed E-state index contributed by atoms with van der Waals surface area (Å²) in [4.78, 5) is 0. The minimum atomic E-state index is 0.825. The molecule has 1 rings (SSSR count). The molecule has 0 radical (unpaired) electrons. The molecule has 1 nitrogen and oxygen atoms in total. The highest BCUT2D eigenvalue weighted by Crippen LogP contribution is 2.32. The van der Waals surface area contributed by atoms with Gasteiger partial charge in [0.1, 0.15) is 0 Å². The molecule has 0 amide bonds. The van der Waals surface area contributed by atoms with E-state index in [2.05, 4.69) is 31.9 Å². The van der Waals surface area contributed by atoms with Crippen molar-refractivity contribution in [1.82, 2.24) is 0 Å². The van der Waals surface area contributed by atoms with Crippen LogP contribution >= 0.6 is 31.9 Å². The van der Waals surface area contributed by atoms with Crippen molar-refractivity contribution < 1.29 is 0 Å². The second-order valence-electron chi connectivity index (χ2n) is 2.53. The van der Waals surface area contributed by atoms with Gasteiger partial charge in [-0.15, -0.1) is 0 Å². The van der Waals surface area contributed by atoms with E-state index in [1.165, 1.54) is 0 Å². The molecule has 1 aromatic rings. The molecule has 0 unspecified atom stereocenters. The maximum absolute atomic E-state index is 5.78. The molecule has 60 valence electrons.